The summed E-state index contributed by atoms with van der Waals surface area (Å²) in [5, 5.41) is 4.66. The van der Waals surface area contributed by atoms with Crippen LogP contribution >= 0.6 is 11.3 Å². The highest BCUT2D eigenvalue weighted by Gasteiger charge is 2.15. The van der Waals surface area contributed by atoms with Crippen LogP contribution in [0.2, 0.25) is 0 Å². The number of thiazole rings is 1. The molecular formula is C21H19FN2O3S. The number of halogens is 1. The van der Waals surface area contributed by atoms with Gasteiger partial charge in [0.05, 0.1) is 5.69 Å². The number of carbonyl (C=O) groups is 2. The first-order valence-corrected chi connectivity index (χ1v) is 9.62. The standard InChI is InChI=1S/C21H19FN2O3S/c1-3-14-5-7-15(8-6-14)20-24-18(12-28-20)21(26)27-11-19(25)23-17-9-4-13(2)10-16(17)22/h4-10,12H,3,11H2,1-2H3,(H,23,25). The number of hydrogen-bond donors (Lipinski definition) is 1. The van der Waals surface area contributed by atoms with Crippen molar-refractivity contribution >= 4 is 28.9 Å². The molecule has 0 bridgehead atoms. The second-order valence-corrected chi connectivity index (χ2v) is 7.05. The third-order valence-electron chi connectivity index (χ3n) is 4.06. The molecule has 0 aliphatic rings. The highest BCUT2D eigenvalue weighted by atomic mass is 32.1. The Bertz CT molecular complexity index is 999. The Balaban J connectivity index is 1.57. The number of carbonyl (C=O) groups excluding carboxylic acids is 2. The zero-order valence-electron chi connectivity index (χ0n) is 15.5. The van der Waals surface area contributed by atoms with Gasteiger partial charge in [0.15, 0.2) is 12.3 Å². The first-order valence-electron chi connectivity index (χ1n) is 8.74. The van der Waals surface area contributed by atoms with Crippen LogP contribution in [-0.4, -0.2) is 23.5 Å². The maximum Gasteiger partial charge on any atom is 0.358 e. The maximum atomic E-state index is 13.8. The molecule has 7 heteroatoms. The van der Waals surface area contributed by atoms with E-state index in [0.717, 1.165) is 17.5 Å². The summed E-state index contributed by atoms with van der Waals surface area (Å²) in [6, 6.07) is 12.4. The van der Waals surface area contributed by atoms with Gasteiger partial charge in [-0.15, -0.1) is 11.3 Å². The minimum atomic E-state index is -0.702. The molecule has 0 saturated heterocycles. The lowest BCUT2D eigenvalue weighted by Gasteiger charge is -2.07. The Hall–Kier alpha value is -3.06. The van der Waals surface area contributed by atoms with E-state index in [1.54, 1.807) is 18.4 Å². The van der Waals surface area contributed by atoms with Gasteiger partial charge in [0.1, 0.15) is 10.8 Å². The molecule has 1 aromatic heterocycles. The summed E-state index contributed by atoms with van der Waals surface area (Å²) in [4.78, 5) is 28.3. The monoisotopic (exact) mass is 398 g/mol. The van der Waals surface area contributed by atoms with E-state index in [9.17, 15) is 14.0 Å². The normalized spacial score (nSPS) is 10.5. The second-order valence-electron chi connectivity index (χ2n) is 6.20. The van der Waals surface area contributed by atoms with Crippen LogP contribution in [0, 0.1) is 12.7 Å². The lowest BCUT2D eigenvalue weighted by Crippen LogP contribution is -2.21. The van der Waals surface area contributed by atoms with Crippen molar-refractivity contribution in [2.75, 3.05) is 11.9 Å². The van der Waals surface area contributed by atoms with Crippen molar-refractivity contribution in [2.45, 2.75) is 20.3 Å². The minimum Gasteiger partial charge on any atom is -0.451 e. The average Bonchev–Trinajstić information content (AvgIpc) is 3.19. The van der Waals surface area contributed by atoms with Gasteiger partial charge in [0.25, 0.3) is 5.91 Å². The highest BCUT2D eigenvalue weighted by Crippen LogP contribution is 2.24. The van der Waals surface area contributed by atoms with Gasteiger partial charge in [-0.1, -0.05) is 37.3 Å². The first kappa shape index (κ1) is 19.7. The predicted molar refractivity (Wildman–Crippen MR) is 107 cm³/mol. The van der Waals surface area contributed by atoms with Crippen LogP contribution in [0.5, 0.6) is 0 Å². The molecule has 1 N–H and O–H groups in total. The summed E-state index contributed by atoms with van der Waals surface area (Å²) >= 11 is 1.32. The quantitative estimate of drug-likeness (QED) is 0.616. The number of benzene rings is 2. The molecule has 0 aliphatic heterocycles. The van der Waals surface area contributed by atoms with Crippen LogP contribution in [-0.2, 0) is 16.0 Å². The third-order valence-corrected chi connectivity index (χ3v) is 4.95. The van der Waals surface area contributed by atoms with Crippen LogP contribution in [0.25, 0.3) is 10.6 Å². The lowest BCUT2D eigenvalue weighted by molar-refractivity contribution is -0.119. The van der Waals surface area contributed by atoms with Gasteiger partial charge in [-0.05, 0) is 36.6 Å². The molecule has 0 spiro atoms. The predicted octanol–water partition coefficient (Wildman–Crippen LogP) is 4.62. The molecule has 5 nitrogen and oxygen atoms in total. The van der Waals surface area contributed by atoms with Gasteiger partial charge in [-0.3, -0.25) is 4.79 Å². The number of anilines is 1. The van der Waals surface area contributed by atoms with Crippen LogP contribution < -0.4 is 5.32 Å². The van der Waals surface area contributed by atoms with Gasteiger partial charge in [-0.25, -0.2) is 14.2 Å². The molecular weight excluding hydrogens is 379 g/mol. The van der Waals surface area contributed by atoms with E-state index in [-0.39, 0.29) is 11.4 Å². The van der Waals surface area contributed by atoms with Crippen molar-refractivity contribution in [2.24, 2.45) is 0 Å². The van der Waals surface area contributed by atoms with E-state index in [4.69, 9.17) is 4.74 Å². The van der Waals surface area contributed by atoms with Crippen molar-refractivity contribution in [1.29, 1.82) is 0 Å². The van der Waals surface area contributed by atoms with E-state index in [2.05, 4.69) is 17.2 Å². The van der Waals surface area contributed by atoms with Gasteiger partial charge < -0.3 is 10.1 Å². The maximum absolute atomic E-state index is 13.8. The third kappa shape index (κ3) is 4.80. The van der Waals surface area contributed by atoms with E-state index in [1.165, 1.54) is 29.0 Å². The molecule has 3 rings (SSSR count). The molecule has 1 heterocycles. The van der Waals surface area contributed by atoms with Crippen molar-refractivity contribution in [3.05, 3.63) is 70.5 Å². The molecule has 0 unspecified atom stereocenters. The zero-order valence-corrected chi connectivity index (χ0v) is 16.3. The molecule has 0 saturated carbocycles. The average molecular weight is 398 g/mol. The number of amides is 1. The fourth-order valence-corrected chi connectivity index (χ4v) is 3.29. The van der Waals surface area contributed by atoms with Gasteiger partial charge in [0.2, 0.25) is 0 Å². The molecule has 28 heavy (non-hydrogen) atoms. The number of hydrogen-bond acceptors (Lipinski definition) is 5. The smallest absolute Gasteiger partial charge is 0.358 e. The number of esters is 1. The summed E-state index contributed by atoms with van der Waals surface area (Å²) in [5.74, 6) is -1.87. The van der Waals surface area contributed by atoms with Crippen molar-refractivity contribution < 1.29 is 18.7 Å². The van der Waals surface area contributed by atoms with Crippen LogP contribution in [0.3, 0.4) is 0 Å². The Morgan fingerprint density at radius 1 is 1.18 bits per heavy atom. The number of aryl methyl sites for hydroxylation is 2. The summed E-state index contributed by atoms with van der Waals surface area (Å²) in [6.07, 6.45) is 0.949. The fraction of sp³-hybridized carbons (Fsp3) is 0.190. The van der Waals surface area contributed by atoms with Gasteiger partial charge in [-0.2, -0.15) is 0 Å². The van der Waals surface area contributed by atoms with E-state index in [0.29, 0.717) is 5.01 Å². The van der Waals surface area contributed by atoms with Gasteiger partial charge >= 0.3 is 5.97 Å². The van der Waals surface area contributed by atoms with Crippen molar-refractivity contribution in [3.8, 4) is 10.6 Å². The molecule has 2 aromatic carbocycles. The van der Waals surface area contributed by atoms with Crippen LogP contribution in [0.15, 0.2) is 47.8 Å². The summed E-state index contributed by atoms with van der Waals surface area (Å²) in [5.41, 5.74) is 3.04. The number of aromatic nitrogens is 1. The molecule has 0 radical (unpaired) electrons. The minimum absolute atomic E-state index is 0.0399. The number of rotatable bonds is 6. The molecule has 0 fully saturated rings. The van der Waals surface area contributed by atoms with Gasteiger partial charge in [0, 0.05) is 10.9 Å². The molecule has 0 aliphatic carbocycles. The van der Waals surface area contributed by atoms with E-state index < -0.39 is 24.3 Å². The van der Waals surface area contributed by atoms with Crippen molar-refractivity contribution in [3.63, 3.8) is 0 Å². The second kappa shape index (κ2) is 8.75. The first-order chi connectivity index (χ1) is 13.5. The Labute approximate surface area is 166 Å². The molecule has 0 atom stereocenters. The largest absolute Gasteiger partial charge is 0.451 e. The zero-order chi connectivity index (χ0) is 20.1. The number of nitrogens with one attached hydrogen (secondary N) is 1. The Kier molecular flexibility index (Phi) is 6.16. The van der Waals surface area contributed by atoms with E-state index in [1.807, 2.05) is 24.3 Å². The number of nitrogens with zero attached hydrogens (tertiary/aromatic N) is 1. The Morgan fingerprint density at radius 2 is 1.93 bits per heavy atom. The number of ether oxygens (including phenoxy) is 1. The molecule has 3 aromatic rings. The fourth-order valence-electron chi connectivity index (χ4n) is 2.50. The molecule has 144 valence electrons. The van der Waals surface area contributed by atoms with Crippen LogP contribution in [0.1, 0.15) is 28.5 Å². The Morgan fingerprint density at radius 3 is 2.61 bits per heavy atom. The van der Waals surface area contributed by atoms with E-state index >= 15 is 0 Å². The summed E-state index contributed by atoms with van der Waals surface area (Å²) < 4.78 is 18.7. The van der Waals surface area contributed by atoms with Crippen molar-refractivity contribution in [1.82, 2.24) is 4.98 Å². The topological polar surface area (TPSA) is 68.3 Å². The summed E-state index contributed by atoms with van der Waals surface area (Å²) in [6.45, 7) is 3.30. The highest BCUT2D eigenvalue weighted by molar-refractivity contribution is 7.13. The summed E-state index contributed by atoms with van der Waals surface area (Å²) in [7, 11) is 0. The molecule has 1 amide bonds. The SMILES string of the molecule is CCc1ccc(-c2nc(C(=O)OCC(=O)Nc3ccc(C)cc3F)cs2)cc1. The lowest BCUT2D eigenvalue weighted by atomic mass is 10.1. The van der Waals surface area contributed by atoms with Crippen LogP contribution in [0.4, 0.5) is 10.1 Å².